The molecule has 0 saturated carbocycles. The maximum absolute atomic E-state index is 12.0. The summed E-state index contributed by atoms with van der Waals surface area (Å²) in [5.41, 5.74) is 2.19. The van der Waals surface area contributed by atoms with Crippen LogP contribution in [0.15, 0.2) is 59.4 Å². The van der Waals surface area contributed by atoms with Gasteiger partial charge in [-0.25, -0.2) is 4.99 Å². The molecule has 1 amide bonds. The molecule has 0 radical (unpaired) electrons. The van der Waals surface area contributed by atoms with Crippen LogP contribution in [0, 0.1) is 0 Å². The Labute approximate surface area is 134 Å². The number of aromatic nitrogens is 1. The fraction of sp³-hybridized carbons (Fsp3) is 0.167. The second-order valence-corrected chi connectivity index (χ2v) is 5.11. The van der Waals surface area contributed by atoms with E-state index in [0.29, 0.717) is 23.6 Å². The predicted octanol–water partition coefficient (Wildman–Crippen LogP) is 2.59. The zero-order valence-corrected chi connectivity index (χ0v) is 12.8. The molecular formula is C18H17N3O2. The van der Waals surface area contributed by atoms with Gasteiger partial charge in [0, 0.05) is 12.6 Å². The van der Waals surface area contributed by atoms with Gasteiger partial charge >= 0.3 is 0 Å². The summed E-state index contributed by atoms with van der Waals surface area (Å²) in [7, 11) is 1.65. The Morgan fingerprint density at radius 3 is 2.74 bits per heavy atom. The number of amidine groups is 1. The molecule has 1 aromatic heterocycles. The van der Waals surface area contributed by atoms with Crippen molar-refractivity contribution in [1.29, 1.82) is 0 Å². The van der Waals surface area contributed by atoms with Crippen molar-refractivity contribution in [1.82, 2.24) is 10.3 Å². The van der Waals surface area contributed by atoms with E-state index in [1.54, 1.807) is 19.4 Å². The first-order chi connectivity index (χ1) is 11.3. The van der Waals surface area contributed by atoms with E-state index < -0.39 is 0 Å². The van der Waals surface area contributed by atoms with E-state index in [2.05, 4.69) is 15.3 Å². The lowest BCUT2D eigenvalue weighted by Crippen LogP contribution is -2.24. The molecule has 0 atom stereocenters. The van der Waals surface area contributed by atoms with Crippen LogP contribution in [0.25, 0.3) is 6.08 Å². The summed E-state index contributed by atoms with van der Waals surface area (Å²) in [5, 5.41) is 2.81. The number of aliphatic imine (C=N–C) groups is 1. The van der Waals surface area contributed by atoms with E-state index in [9.17, 15) is 4.79 Å². The van der Waals surface area contributed by atoms with Gasteiger partial charge in [0.15, 0.2) is 0 Å². The summed E-state index contributed by atoms with van der Waals surface area (Å²) >= 11 is 0. The monoisotopic (exact) mass is 307 g/mol. The summed E-state index contributed by atoms with van der Waals surface area (Å²) in [5.74, 6) is 1.33. The minimum Gasteiger partial charge on any atom is -0.496 e. The van der Waals surface area contributed by atoms with Crippen LogP contribution in [0.1, 0.15) is 17.7 Å². The van der Waals surface area contributed by atoms with Gasteiger partial charge in [0.1, 0.15) is 17.3 Å². The maximum atomic E-state index is 12.0. The predicted molar refractivity (Wildman–Crippen MR) is 89.1 cm³/mol. The number of hydrogen-bond acceptors (Lipinski definition) is 4. The molecule has 2 aromatic rings. The average Bonchev–Trinajstić information content (AvgIpc) is 2.94. The van der Waals surface area contributed by atoms with Crippen LogP contribution in [0.5, 0.6) is 5.75 Å². The molecule has 0 aliphatic carbocycles. The number of para-hydroxylation sites is 1. The smallest absolute Gasteiger partial charge is 0.275 e. The third-order valence-electron chi connectivity index (χ3n) is 3.54. The number of pyridine rings is 1. The van der Waals surface area contributed by atoms with Gasteiger partial charge in [-0.3, -0.25) is 9.78 Å². The number of nitrogens with one attached hydrogen (secondary N) is 1. The molecule has 2 heterocycles. The number of carbonyl (C=O) groups excluding carboxylic acids is 1. The number of ether oxygens (including phenoxy) is 1. The van der Waals surface area contributed by atoms with Crippen LogP contribution >= 0.6 is 0 Å². The Bertz CT molecular complexity index is 767. The van der Waals surface area contributed by atoms with Gasteiger partial charge in [0.05, 0.1) is 12.8 Å². The Morgan fingerprint density at radius 1 is 1.13 bits per heavy atom. The molecule has 5 nitrogen and oxygen atoms in total. The second kappa shape index (κ2) is 6.87. The van der Waals surface area contributed by atoms with Gasteiger partial charge < -0.3 is 10.1 Å². The van der Waals surface area contributed by atoms with E-state index in [4.69, 9.17) is 4.74 Å². The Morgan fingerprint density at radius 2 is 1.96 bits per heavy atom. The second-order valence-electron chi connectivity index (χ2n) is 5.11. The van der Waals surface area contributed by atoms with Crippen molar-refractivity contribution in [2.24, 2.45) is 4.99 Å². The van der Waals surface area contributed by atoms with Crippen molar-refractivity contribution in [3.8, 4) is 5.75 Å². The number of aryl methyl sites for hydroxylation is 1. The van der Waals surface area contributed by atoms with Crippen molar-refractivity contribution in [2.45, 2.75) is 12.8 Å². The number of amides is 1. The quantitative estimate of drug-likeness (QED) is 0.864. The number of rotatable bonds is 5. The molecule has 1 N–H and O–H groups in total. The number of carbonyl (C=O) groups is 1. The molecule has 1 aliphatic heterocycles. The fourth-order valence-corrected chi connectivity index (χ4v) is 2.40. The first-order valence-electron chi connectivity index (χ1n) is 7.40. The zero-order valence-electron chi connectivity index (χ0n) is 12.8. The summed E-state index contributed by atoms with van der Waals surface area (Å²) in [6, 6.07) is 13.4. The van der Waals surface area contributed by atoms with Crippen LogP contribution in [0.2, 0.25) is 0 Å². The number of methoxy groups -OCH3 is 1. The molecule has 0 saturated heterocycles. The standard InChI is InChI=1S/C18H17N3O2/c1-23-16-8-3-2-6-13(16)9-10-17-20-15(18(22)21-17)12-14-7-4-5-11-19-14/h2-8,11-12H,9-10H2,1H3,(H,20,21,22)/b15-12+. The molecule has 1 aliphatic rings. The topological polar surface area (TPSA) is 63.6 Å². The minimum absolute atomic E-state index is 0.189. The van der Waals surface area contributed by atoms with Gasteiger partial charge in [-0.2, -0.15) is 0 Å². The third kappa shape index (κ3) is 3.63. The maximum Gasteiger partial charge on any atom is 0.275 e. The zero-order chi connectivity index (χ0) is 16.1. The molecule has 23 heavy (non-hydrogen) atoms. The van der Waals surface area contributed by atoms with Crippen molar-refractivity contribution >= 4 is 17.8 Å². The summed E-state index contributed by atoms with van der Waals surface area (Å²) in [4.78, 5) is 20.5. The van der Waals surface area contributed by atoms with Gasteiger partial charge in [-0.1, -0.05) is 24.3 Å². The molecule has 5 heteroatoms. The van der Waals surface area contributed by atoms with Gasteiger partial charge in [0.2, 0.25) is 0 Å². The van der Waals surface area contributed by atoms with E-state index in [0.717, 1.165) is 17.7 Å². The van der Waals surface area contributed by atoms with Crippen LogP contribution in [-0.4, -0.2) is 23.8 Å². The van der Waals surface area contributed by atoms with E-state index in [1.165, 1.54) is 0 Å². The number of nitrogens with zero attached hydrogens (tertiary/aromatic N) is 2. The highest BCUT2D eigenvalue weighted by Gasteiger charge is 2.20. The first kappa shape index (κ1) is 15.0. The molecule has 0 bridgehead atoms. The van der Waals surface area contributed by atoms with Crippen molar-refractivity contribution in [3.63, 3.8) is 0 Å². The molecule has 0 spiro atoms. The number of hydrogen-bond donors (Lipinski definition) is 1. The summed E-state index contributed by atoms with van der Waals surface area (Å²) in [6.45, 7) is 0. The summed E-state index contributed by atoms with van der Waals surface area (Å²) < 4.78 is 5.33. The Kier molecular flexibility index (Phi) is 4.47. The van der Waals surface area contributed by atoms with Crippen LogP contribution in [0.4, 0.5) is 0 Å². The van der Waals surface area contributed by atoms with Gasteiger partial charge in [-0.15, -0.1) is 0 Å². The van der Waals surface area contributed by atoms with Crippen molar-refractivity contribution in [3.05, 3.63) is 65.6 Å². The Hall–Kier alpha value is -2.95. The lowest BCUT2D eigenvalue weighted by atomic mass is 10.1. The van der Waals surface area contributed by atoms with Crippen LogP contribution in [0.3, 0.4) is 0 Å². The van der Waals surface area contributed by atoms with Gasteiger partial charge in [0.25, 0.3) is 5.91 Å². The number of benzene rings is 1. The first-order valence-corrected chi connectivity index (χ1v) is 7.40. The SMILES string of the molecule is COc1ccccc1CCC1=N/C(=C/c2ccccn2)C(=O)N1. The normalized spacial score (nSPS) is 15.4. The molecule has 116 valence electrons. The molecule has 3 rings (SSSR count). The van der Waals surface area contributed by atoms with Crippen molar-refractivity contribution in [2.75, 3.05) is 7.11 Å². The van der Waals surface area contributed by atoms with E-state index >= 15 is 0 Å². The van der Waals surface area contributed by atoms with Gasteiger partial charge in [-0.05, 0) is 36.3 Å². The van der Waals surface area contributed by atoms with Crippen LogP contribution in [-0.2, 0) is 11.2 Å². The third-order valence-corrected chi connectivity index (χ3v) is 3.54. The highest BCUT2D eigenvalue weighted by molar-refractivity contribution is 6.14. The fourth-order valence-electron chi connectivity index (χ4n) is 2.40. The average molecular weight is 307 g/mol. The van der Waals surface area contributed by atoms with E-state index in [1.807, 2.05) is 42.5 Å². The van der Waals surface area contributed by atoms with E-state index in [-0.39, 0.29) is 5.91 Å². The summed E-state index contributed by atoms with van der Waals surface area (Å²) in [6.07, 6.45) is 4.77. The molecule has 1 aromatic carbocycles. The molecular weight excluding hydrogens is 290 g/mol. The lowest BCUT2D eigenvalue weighted by molar-refractivity contribution is -0.115. The van der Waals surface area contributed by atoms with Crippen molar-refractivity contribution < 1.29 is 9.53 Å². The lowest BCUT2D eigenvalue weighted by Gasteiger charge is -2.07. The highest BCUT2D eigenvalue weighted by Crippen LogP contribution is 2.20. The largest absolute Gasteiger partial charge is 0.496 e. The van der Waals surface area contributed by atoms with Crippen LogP contribution < -0.4 is 10.1 Å². The molecule has 0 fully saturated rings. The Balaban J connectivity index is 1.71. The highest BCUT2D eigenvalue weighted by atomic mass is 16.5. The minimum atomic E-state index is -0.189. The molecule has 0 unspecified atom stereocenters.